The fourth-order valence-corrected chi connectivity index (χ4v) is 22.2. The molecule has 0 atom stereocenters. The predicted octanol–water partition coefficient (Wildman–Crippen LogP) is 34.9. The lowest BCUT2D eigenvalue weighted by Gasteiger charge is -2.13. The van der Waals surface area contributed by atoms with Crippen molar-refractivity contribution in [3.05, 3.63) is 455 Å². The number of para-hydroxylation sites is 1. The Kier molecular flexibility index (Phi) is 17.4. The van der Waals surface area contributed by atoms with Gasteiger partial charge in [-0.05, 0) is 248 Å². The highest BCUT2D eigenvalue weighted by atomic mass is 32.1. The second-order valence-electron chi connectivity index (χ2n) is 32.4. The van der Waals surface area contributed by atoms with Crippen molar-refractivity contribution in [3.63, 3.8) is 0 Å². The number of hydrogen-bond donors (Lipinski definition) is 0. The molecular formula is C120H75NS2. The molecule has 23 aromatic carbocycles. The molecule has 0 N–H and O–H groups in total. The van der Waals surface area contributed by atoms with Crippen molar-refractivity contribution in [2.75, 3.05) is 0 Å². The summed E-state index contributed by atoms with van der Waals surface area (Å²) in [6, 6.07) is 167. The van der Waals surface area contributed by atoms with Gasteiger partial charge in [-0.15, -0.1) is 22.7 Å². The maximum atomic E-state index is 2.42. The molecule has 3 aromatic heterocycles. The van der Waals surface area contributed by atoms with Crippen LogP contribution in [0.25, 0.3) is 243 Å². The highest BCUT2D eigenvalue weighted by molar-refractivity contribution is 7.26. The molecule has 0 unspecified atom stereocenters. The van der Waals surface area contributed by atoms with E-state index in [-0.39, 0.29) is 0 Å². The molecule has 0 fully saturated rings. The number of aromatic nitrogens is 1. The zero-order valence-electron chi connectivity index (χ0n) is 67.1. The van der Waals surface area contributed by atoms with Crippen molar-refractivity contribution < 1.29 is 0 Å². The molecule has 123 heavy (non-hydrogen) atoms. The van der Waals surface area contributed by atoms with E-state index in [0.29, 0.717) is 0 Å². The minimum atomic E-state index is 1.16. The molecule has 0 saturated heterocycles. The van der Waals surface area contributed by atoms with E-state index in [0.717, 1.165) is 5.69 Å². The molecule has 0 spiro atoms. The SMILES string of the molecule is c1cc(-c2ccc3c4ccccc4c4ccccc4c3c2)cc(-c2cccc3c2sc2ccccc23)c1.c1cc(-c2cccc(-c3cccc4c3sc3ccccc34)c2)cc(-c2ccc3c4ccccc4c4ccccc4c3c2)c1.c1ccc(-c2ccc3c4ccccc4n(-c4cccc(-c5ccc6c7ccccc7c7ccccc7c6c5)c4)c3c2)cc1. The van der Waals surface area contributed by atoms with Crippen LogP contribution in [0.4, 0.5) is 0 Å². The molecule has 0 saturated carbocycles. The summed E-state index contributed by atoms with van der Waals surface area (Å²) in [4.78, 5) is 0. The molecule has 0 aliphatic rings. The van der Waals surface area contributed by atoms with Crippen molar-refractivity contribution in [1.82, 2.24) is 4.57 Å². The first kappa shape index (κ1) is 71.7. The van der Waals surface area contributed by atoms with E-state index in [1.165, 1.54) is 237 Å². The van der Waals surface area contributed by atoms with Gasteiger partial charge in [0.15, 0.2) is 0 Å². The molecule has 0 bridgehead atoms. The average Bonchev–Trinajstić information content (AvgIpc) is 1.66. The van der Waals surface area contributed by atoms with Crippen LogP contribution in [0, 0.1) is 0 Å². The van der Waals surface area contributed by atoms with Gasteiger partial charge >= 0.3 is 0 Å². The van der Waals surface area contributed by atoms with Crippen molar-refractivity contribution >= 4 is 182 Å². The van der Waals surface area contributed by atoms with E-state index < -0.39 is 0 Å². The smallest absolute Gasteiger partial charge is 0.0547 e. The van der Waals surface area contributed by atoms with Crippen LogP contribution < -0.4 is 0 Å². The first-order valence-electron chi connectivity index (χ1n) is 42.3. The van der Waals surface area contributed by atoms with Gasteiger partial charge in [-0.2, -0.15) is 0 Å². The summed E-state index contributed by atoms with van der Waals surface area (Å²) < 4.78 is 7.81. The molecule has 0 aliphatic carbocycles. The summed E-state index contributed by atoms with van der Waals surface area (Å²) in [5.74, 6) is 0. The number of hydrogen-bond acceptors (Lipinski definition) is 2. The van der Waals surface area contributed by atoms with Gasteiger partial charge in [-0.1, -0.05) is 382 Å². The fraction of sp³-hybridized carbons (Fsp3) is 0. The van der Waals surface area contributed by atoms with Gasteiger partial charge < -0.3 is 4.57 Å². The zero-order valence-corrected chi connectivity index (χ0v) is 68.7. The third-order valence-electron chi connectivity index (χ3n) is 25.5. The summed E-state index contributed by atoms with van der Waals surface area (Å²) >= 11 is 3.78. The minimum Gasteiger partial charge on any atom is -0.309 e. The maximum Gasteiger partial charge on any atom is 0.0547 e. The quantitative estimate of drug-likeness (QED) is 0.134. The minimum absolute atomic E-state index is 1.16. The van der Waals surface area contributed by atoms with Crippen molar-refractivity contribution in [1.29, 1.82) is 0 Å². The molecule has 0 aliphatic heterocycles. The van der Waals surface area contributed by atoms with Gasteiger partial charge in [-0.25, -0.2) is 0 Å². The van der Waals surface area contributed by atoms with Crippen LogP contribution in [0.15, 0.2) is 455 Å². The second kappa shape index (κ2) is 29.9. The largest absolute Gasteiger partial charge is 0.309 e. The van der Waals surface area contributed by atoms with Gasteiger partial charge in [0, 0.05) is 56.8 Å². The monoisotopic (exact) mass is 1590 g/mol. The number of nitrogens with zero attached hydrogens (tertiary/aromatic N) is 1. The van der Waals surface area contributed by atoms with Crippen LogP contribution in [0.1, 0.15) is 0 Å². The molecule has 1 nitrogen and oxygen atoms in total. The second-order valence-corrected chi connectivity index (χ2v) is 34.5. The number of rotatable bonds is 8. The highest BCUT2D eigenvalue weighted by Gasteiger charge is 2.20. The van der Waals surface area contributed by atoms with Crippen molar-refractivity contribution in [2.24, 2.45) is 0 Å². The van der Waals surface area contributed by atoms with Crippen molar-refractivity contribution in [2.45, 2.75) is 0 Å². The standard InChI is InChI=1S/C42H27N.C42H26S.C36H22S/c1-2-11-28(12-3-1)31-22-24-39-38-19-8-9-20-41(38)43(42(39)27-31)32-14-10-13-29(25-32)30-21-23-37-35-17-5-4-15-33(35)34-16-6-7-18-36(34)40(37)26-30;1-2-16-35-33(14-1)34-15-3-4-17-36(34)40-26-30(22-23-37(35)40)28-11-7-10-27(24-28)29-12-8-13-31(25-29)32-19-9-20-39-38-18-5-6-21-41(38)43-42(32)39;1-2-13-29-27(11-1)28-12-3-4-14-30(28)34-22-24(19-20-31(29)34)23-9-7-10-25(21-23)26-16-8-17-33-32-15-5-6-18-35(32)37-36(26)33/h1-27H;1-26H;1-22H. The lowest BCUT2D eigenvalue weighted by atomic mass is 9.91. The van der Waals surface area contributed by atoms with Crippen LogP contribution >= 0.6 is 22.7 Å². The molecule has 572 valence electrons. The van der Waals surface area contributed by atoms with Gasteiger partial charge in [0.1, 0.15) is 0 Å². The first-order valence-corrected chi connectivity index (χ1v) is 44.0. The Hall–Kier alpha value is -15.4. The molecular weight excluding hydrogens is 1520 g/mol. The third kappa shape index (κ3) is 12.3. The lowest BCUT2D eigenvalue weighted by molar-refractivity contribution is 1.18. The summed E-state index contributed by atoms with van der Waals surface area (Å²) in [5, 5.41) is 31.4. The Labute approximate surface area is 719 Å². The summed E-state index contributed by atoms with van der Waals surface area (Å²) in [7, 11) is 0. The first-order chi connectivity index (χ1) is 61.0. The summed E-state index contributed by atoms with van der Waals surface area (Å²) in [5.41, 5.74) is 21.0. The number of benzene rings is 23. The molecule has 0 radical (unpaired) electrons. The fourth-order valence-electron chi connectivity index (χ4n) is 19.7. The van der Waals surface area contributed by atoms with Crippen molar-refractivity contribution in [3.8, 4) is 83.6 Å². The average molecular weight is 1600 g/mol. The van der Waals surface area contributed by atoms with Crippen LogP contribution in [0.3, 0.4) is 0 Å². The van der Waals surface area contributed by atoms with Gasteiger partial charge in [-0.3, -0.25) is 0 Å². The van der Waals surface area contributed by atoms with E-state index >= 15 is 0 Å². The van der Waals surface area contributed by atoms with E-state index in [1.807, 2.05) is 22.7 Å². The normalized spacial score (nSPS) is 11.7. The summed E-state index contributed by atoms with van der Waals surface area (Å²) in [6.45, 7) is 0. The molecule has 26 rings (SSSR count). The molecule has 0 amide bonds. The Bertz CT molecular complexity index is 8670. The number of thiophene rings is 2. The van der Waals surface area contributed by atoms with Crippen LogP contribution in [0.2, 0.25) is 0 Å². The molecule has 3 heteroatoms. The van der Waals surface area contributed by atoms with Gasteiger partial charge in [0.25, 0.3) is 0 Å². The molecule has 26 aromatic rings. The van der Waals surface area contributed by atoms with E-state index in [1.54, 1.807) is 0 Å². The van der Waals surface area contributed by atoms with E-state index in [2.05, 4.69) is 460 Å². The predicted molar refractivity (Wildman–Crippen MR) is 535 cm³/mol. The number of fused-ring (bicyclic) bond motifs is 27. The Morgan fingerprint density at radius 3 is 0.780 bits per heavy atom. The van der Waals surface area contributed by atoms with Gasteiger partial charge in [0.2, 0.25) is 0 Å². The maximum absolute atomic E-state index is 2.42. The van der Waals surface area contributed by atoms with E-state index in [4.69, 9.17) is 0 Å². The van der Waals surface area contributed by atoms with Gasteiger partial charge in [0.05, 0.1) is 11.0 Å². The Balaban J connectivity index is 0.000000104. The Morgan fingerprint density at radius 2 is 0.382 bits per heavy atom. The topological polar surface area (TPSA) is 4.93 Å². The van der Waals surface area contributed by atoms with Crippen LogP contribution in [0.5, 0.6) is 0 Å². The molecule has 3 heterocycles. The zero-order chi connectivity index (χ0) is 81.0. The summed E-state index contributed by atoms with van der Waals surface area (Å²) in [6.07, 6.45) is 0. The lowest BCUT2D eigenvalue weighted by Crippen LogP contribution is -1.94. The Morgan fingerprint density at radius 1 is 0.130 bits per heavy atom. The van der Waals surface area contributed by atoms with Crippen LogP contribution in [-0.4, -0.2) is 4.57 Å². The highest BCUT2D eigenvalue weighted by Crippen LogP contribution is 2.47. The van der Waals surface area contributed by atoms with Crippen LogP contribution in [-0.2, 0) is 0 Å². The van der Waals surface area contributed by atoms with E-state index in [9.17, 15) is 0 Å². The third-order valence-corrected chi connectivity index (χ3v) is 27.9.